The van der Waals surface area contributed by atoms with Crippen LogP contribution in [-0.2, 0) is 25.6 Å². The molecule has 2 aromatic rings. The summed E-state index contributed by atoms with van der Waals surface area (Å²) in [6.07, 6.45) is 1.75. The van der Waals surface area contributed by atoms with E-state index in [1.165, 1.54) is 0 Å². The minimum Gasteiger partial charge on any atom is -0.506 e. The van der Waals surface area contributed by atoms with Crippen LogP contribution in [-0.4, -0.2) is 77.6 Å². The third kappa shape index (κ3) is 9.46. The van der Waals surface area contributed by atoms with Gasteiger partial charge in [0.1, 0.15) is 11.5 Å². The molecule has 38 heavy (non-hydrogen) atoms. The predicted molar refractivity (Wildman–Crippen MR) is 146 cm³/mol. The van der Waals surface area contributed by atoms with Crippen LogP contribution in [0.1, 0.15) is 36.3 Å². The smallest absolute Gasteiger partial charge is 0.138 e. The number of nitrogens with one attached hydrogen (secondary N) is 2. The van der Waals surface area contributed by atoms with Gasteiger partial charge in [-0.1, -0.05) is 18.2 Å². The Labute approximate surface area is 226 Å². The molecule has 0 bridgehead atoms. The Balaban J connectivity index is 1.68. The van der Waals surface area contributed by atoms with E-state index in [9.17, 15) is 5.11 Å². The van der Waals surface area contributed by atoms with Crippen LogP contribution in [0.5, 0.6) is 11.5 Å². The van der Waals surface area contributed by atoms with E-state index in [0.717, 1.165) is 29.7 Å². The molecule has 3 N–H and O–H groups in total. The third-order valence-electron chi connectivity index (χ3n) is 6.43. The average molecular weight is 528 g/mol. The average Bonchev–Trinajstić information content (AvgIpc) is 2.94. The second kappa shape index (κ2) is 16.9. The van der Waals surface area contributed by atoms with Gasteiger partial charge in [0.25, 0.3) is 0 Å². The van der Waals surface area contributed by atoms with Crippen molar-refractivity contribution in [3.8, 4) is 17.6 Å². The van der Waals surface area contributed by atoms with Gasteiger partial charge < -0.3 is 39.4 Å². The topological polar surface area (TPSA) is 114 Å². The van der Waals surface area contributed by atoms with E-state index >= 15 is 0 Å². The molecule has 9 heteroatoms. The van der Waals surface area contributed by atoms with Gasteiger partial charge >= 0.3 is 0 Å². The number of phenols is 1. The summed E-state index contributed by atoms with van der Waals surface area (Å²) in [5.74, 6) is 1.01. The molecule has 9 nitrogen and oxygen atoms in total. The summed E-state index contributed by atoms with van der Waals surface area (Å²) in [6, 6.07) is 15.7. The number of hydrogen-bond acceptors (Lipinski definition) is 9. The normalized spacial score (nSPS) is 19.1. The fourth-order valence-electron chi connectivity index (χ4n) is 4.51. The van der Waals surface area contributed by atoms with E-state index < -0.39 is 0 Å². The van der Waals surface area contributed by atoms with Gasteiger partial charge in [-0.25, -0.2) is 0 Å². The number of rotatable bonds is 17. The van der Waals surface area contributed by atoms with Crippen molar-refractivity contribution in [2.75, 3.05) is 65.6 Å². The number of nitrogens with zero attached hydrogens (tertiary/aromatic N) is 1. The minimum absolute atomic E-state index is 0.0127. The van der Waals surface area contributed by atoms with E-state index in [0.29, 0.717) is 64.8 Å². The second-order valence-corrected chi connectivity index (χ2v) is 9.24. The summed E-state index contributed by atoms with van der Waals surface area (Å²) in [7, 11) is 3.36. The van der Waals surface area contributed by atoms with Gasteiger partial charge in [-0.2, -0.15) is 5.26 Å². The lowest BCUT2D eigenvalue weighted by atomic mass is 9.85. The first-order valence-electron chi connectivity index (χ1n) is 13.2. The molecule has 1 heterocycles. The zero-order valence-corrected chi connectivity index (χ0v) is 22.5. The molecule has 0 saturated carbocycles. The molecule has 0 spiro atoms. The number of hydrogen-bond donors (Lipinski definition) is 3. The molecular formula is C29H41N3O6. The van der Waals surface area contributed by atoms with Crippen molar-refractivity contribution in [1.82, 2.24) is 5.32 Å². The van der Waals surface area contributed by atoms with Crippen molar-refractivity contribution in [3.05, 3.63) is 53.6 Å². The highest BCUT2D eigenvalue weighted by Crippen LogP contribution is 2.32. The minimum atomic E-state index is -0.142. The quantitative estimate of drug-likeness (QED) is 0.209. The molecule has 0 aliphatic carbocycles. The highest BCUT2D eigenvalue weighted by molar-refractivity contribution is 5.57. The molecule has 3 atom stereocenters. The summed E-state index contributed by atoms with van der Waals surface area (Å²) in [5, 5.41) is 25.9. The van der Waals surface area contributed by atoms with E-state index in [-0.39, 0.29) is 23.9 Å². The molecule has 208 valence electrons. The lowest BCUT2D eigenvalue weighted by Gasteiger charge is -2.38. The number of phenolic OH excluding ortho intramolecular Hbond substituents is 1. The number of benzene rings is 2. The summed E-state index contributed by atoms with van der Waals surface area (Å²) in [6.45, 7) is 4.75. The van der Waals surface area contributed by atoms with Gasteiger partial charge in [0.15, 0.2) is 0 Å². The first-order valence-corrected chi connectivity index (χ1v) is 13.2. The Kier molecular flexibility index (Phi) is 13.2. The second-order valence-electron chi connectivity index (χ2n) is 9.24. The van der Waals surface area contributed by atoms with Gasteiger partial charge in [-0.3, -0.25) is 0 Å². The molecule has 1 aliphatic rings. The Bertz CT molecular complexity index is 981. The van der Waals surface area contributed by atoms with Gasteiger partial charge in [0.05, 0.1) is 50.2 Å². The fraction of sp³-hybridized carbons (Fsp3) is 0.552. The number of methoxy groups -OCH3 is 2. The number of nitriles is 1. The molecule has 3 rings (SSSR count). The molecule has 1 fully saturated rings. The number of anilines is 1. The van der Waals surface area contributed by atoms with Crippen LogP contribution in [0.4, 0.5) is 5.69 Å². The third-order valence-corrected chi connectivity index (χ3v) is 6.43. The van der Waals surface area contributed by atoms with Gasteiger partial charge in [0, 0.05) is 59.4 Å². The highest BCUT2D eigenvalue weighted by Gasteiger charge is 2.36. The Hall–Kier alpha value is -2.87. The van der Waals surface area contributed by atoms with Crippen LogP contribution in [0.15, 0.2) is 42.5 Å². The van der Waals surface area contributed by atoms with Crippen LogP contribution in [0.3, 0.4) is 0 Å². The summed E-state index contributed by atoms with van der Waals surface area (Å²) >= 11 is 0. The molecule has 2 aromatic carbocycles. The molecule has 1 saturated heterocycles. The number of aromatic hydroxyl groups is 1. The van der Waals surface area contributed by atoms with Crippen molar-refractivity contribution < 1.29 is 28.8 Å². The summed E-state index contributed by atoms with van der Waals surface area (Å²) in [5.41, 5.74) is 2.75. The molecule has 1 aliphatic heterocycles. The first kappa shape index (κ1) is 29.7. The Morgan fingerprint density at radius 1 is 0.947 bits per heavy atom. The van der Waals surface area contributed by atoms with Crippen LogP contribution in [0.25, 0.3) is 0 Å². The van der Waals surface area contributed by atoms with E-state index in [2.05, 4.69) is 28.8 Å². The largest absolute Gasteiger partial charge is 0.506 e. The summed E-state index contributed by atoms with van der Waals surface area (Å²) in [4.78, 5) is 0. The van der Waals surface area contributed by atoms with Crippen molar-refractivity contribution in [3.63, 3.8) is 0 Å². The van der Waals surface area contributed by atoms with Crippen molar-refractivity contribution in [1.29, 1.82) is 5.26 Å². The Morgan fingerprint density at radius 3 is 2.42 bits per heavy atom. The number of piperidine rings is 1. The SMILES string of the molecule is COCCCNc1cc(CO[C@H]2CNC[C@@H](OCCC#N)C2c2ccc(OCCCOC)cc2)ccc1O. The molecule has 0 radical (unpaired) electrons. The zero-order chi connectivity index (χ0) is 27.0. The van der Waals surface area contributed by atoms with E-state index in [4.69, 9.17) is 28.9 Å². The van der Waals surface area contributed by atoms with Crippen molar-refractivity contribution >= 4 is 5.69 Å². The molecule has 0 amide bonds. The molecule has 0 aromatic heterocycles. The van der Waals surface area contributed by atoms with Crippen LogP contribution in [0.2, 0.25) is 0 Å². The maximum Gasteiger partial charge on any atom is 0.138 e. The fourth-order valence-corrected chi connectivity index (χ4v) is 4.51. The van der Waals surface area contributed by atoms with E-state index in [1.807, 2.05) is 24.3 Å². The van der Waals surface area contributed by atoms with Gasteiger partial charge in [-0.05, 0) is 41.8 Å². The van der Waals surface area contributed by atoms with Crippen molar-refractivity contribution in [2.24, 2.45) is 0 Å². The zero-order valence-electron chi connectivity index (χ0n) is 22.5. The maximum atomic E-state index is 10.2. The van der Waals surface area contributed by atoms with Crippen LogP contribution in [0, 0.1) is 11.3 Å². The maximum absolute atomic E-state index is 10.2. The van der Waals surface area contributed by atoms with Crippen LogP contribution >= 0.6 is 0 Å². The standard InChI is InChI=1S/C29H41N3O6/c1-34-14-4-13-32-25-18-22(6-11-26(25)33)21-38-28-20-31-19-27(37-16-3-12-30)29(28)23-7-9-24(10-8-23)36-17-5-15-35-2/h6-11,18,27-29,31-33H,3-5,13-17,19-21H2,1-2H3/t27-,28+,29?/m1/s1. The lowest BCUT2D eigenvalue weighted by molar-refractivity contribution is -0.0587. The highest BCUT2D eigenvalue weighted by atomic mass is 16.5. The van der Waals surface area contributed by atoms with E-state index in [1.54, 1.807) is 20.3 Å². The number of ether oxygens (including phenoxy) is 5. The van der Waals surface area contributed by atoms with Crippen molar-refractivity contribution in [2.45, 2.75) is 44.0 Å². The molecule has 1 unspecified atom stereocenters. The Morgan fingerprint density at radius 2 is 1.68 bits per heavy atom. The first-order chi connectivity index (χ1) is 18.7. The van der Waals surface area contributed by atoms with Gasteiger partial charge in [-0.15, -0.1) is 0 Å². The monoisotopic (exact) mass is 527 g/mol. The molecular weight excluding hydrogens is 486 g/mol. The predicted octanol–water partition coefficient (Wildman–Crippen LogP) is 3.83. The van der Waals surface area contributed by atoms with Crippen LogP contribution < -0.4 is 15.4 Å². The van der Waals surface area contributed by atoms with Gasteiger partial charge in [0.2, 0.25) is 0 Å². The lowest BCUT2D eigenvalue weighted by Crippen LogP contribution is -2.50. The summed E-state index contributed by atoms with van der Waals surface area (Å²) < 4.78 is 28.6.